The summed E-state index contributed by atoms with van der Waals surface area (Å²) in [6, 6.07) is 23.3. The van der Waals surface area contributed by atoms with Gasteiger partial charge in [0.2, 0.25) is 5.91 Å². The third-order valence-electron chi connectivity index (χ3n) is 7.89. The van der Waals surface area contributed by atoms with E-state index in [4.69, 9.17) is 0 Å². The standard InChI is InChI=1S/C27H21N3OS/c1-26(24(31)30-25-29-21(14-32-25)20-12-6-7-13-28-20)15-27-19-11-5-4-10-18(19)22(27)16-8-2-3-9-17(16)23(26)27/h2-14,22-23H,15H2,1H3,(H,29,30,31). The Morgan fingerprint density at radius 1 is 0.969 bits per heavy atom. The first-order valence-electron chi connectivity index (χ1n) is 11.0. The first-order chi connectivity index (χ1) is 15.6. The van der Waals surface area contributed by atoms with Gasteiger partial charge in [0.1, 0.15) is 5.69 Å². The molecular weight excluding hydrogens is 414 g/mol. The highest BCUT2D eigenvalue weighted by Crippen LogP contribution is 2.80. The normalized spacial score (nSPS) is 28.4. The molecular formula is C27H21N3OS. The average Bonchev–Trinajstić information content (AvgIpc) is 3.35. The molecule has 5 heteroatoms. The van der Waals surface area contributed by atoms with Crippen molar-refractivity contribution < 1.29 is 4.79 Å². The fraction of sp³-hybridized carbons (Fsp3) is 0.222. The third kappa shape index (κ3) is 2.10. The van der Waals surface area contributed by atoms with E-state index in [-0.39, 0.29) is 17.2 Å². The predicted octanol–water partition coefficient (Wildman–Crippen LogP) is 5.73. The SMILES string of the molecule is CC1(C(=O)Nc2nc(-c3ccccn3)cs2)CC23c4ccccc4C2c2ccccc2C13. The summed E-state index contributed by atoms with van der Waals surface area (Å²) in [4.78, 5) is 22.6. The number of thiazole rings is 1. The predicted molar refractivity (Wildman–Crippen MR) is 126 cm³/mol. The van der Waals surface area contributed by atoms with Crippen LogP contribution in [0.5, 0.6) is 0 Å². The van der Waals surface area contributed by atoms with Gasteiger partial charge in [-0.1, -0.05) is 61.5 Å². The maximum Gasteiger partial charge on any atom is 0.232 e. The summed E-state index contributed by atoms with van der Waals surface area (Å²) in [5.41, 5.74) is 6.82. The van der Waals surface area contributed by atoms with Gasteiger partial charge in [0.25, 0.3) is 0 Å². The van der Waals surface area contributed by atoms with E-state index in [0.29, 0.717) is 11.0 Å². The molecule has 2 aromatic heterocycles. The van der Waals surface area contributed by atoms with Crippen LogP contribution >= 0.6 is 11.3 Å². The molecule has 4 nitrogen and oxygen atoms in total. The average molecular weight is 436 g/mol. The minimum absolute atomic E-state index is 0.0639. The number of fused-ring (bicyclic) bond motifs is 5. The van der Waals surface area contributed by atoms with E-state index in [9.17, 15) is 4.79 Å². The first-order valence-corrected chi connectivity index (χ1v) is 11.9. The van der Waals surface area contributed by atoms with Gasteiger partial charge in [-0.3, -0.25) is 9.78 Å². The van der Waals surface area contributed by atoms with Gasteiger partial charge < -0.3 is 5.32 Å². The Morgan fingerprint density at radius 3 is 2.53 bits per heavy atom. The molecule has 156 valence electrons. The van der Waals surface area contributed by atoms with E-state index in [1.54, 1.807) is 6.20 Å². The number of carbonyl (C=O) groups excluding carboxylic acids is 1. The minimum Gasteiger partial charge on any atom is -0.301 e. The van der Waals surface area contributed by atoms with Gasteiger partial charge in [-0.25, -0.2) is 4.98 Å². The van der Waals surface area contributed by atoms with E-state index >= 15 is 0 Å². The number of hydrogen-bond donors (Lipinski definition) is 1. The van der Waals surface area contributed by atoms with Crippen LogP contribution in [0.1, 0.15) is 47.4 Å². The first kappa shape index (κ1) is 18.3. The van der Waals surface area contributed by atoms with Crippen LogP contribution in [0.4, 0.5) is 5.13 Å². The number of anilines is 1. The summed E-state index contributed by atoms with van der Waals surface area (Å²) < 4.78 is 0. The smallest absolute Gasteiger partial charge is 0.232 e. The molecule has 1 amide bonds. The van der Waals surface area contributed by atoms with Crippen molar-refractivity contribution in [1.29, 1.82) is 0 Å². The molecule has 2 aromatic carbocycles. The Bertz CT molecular complexity index is 1400. The molecule has 3 aliphatic carbocycles. The Hall–Kier alpha value is -3.31. The highest BCUT2D eigenvalue weighted by atomic mass is 32.1. The Balaban J connectivity index is 1.23. The number of nitrogens with one attached hydrogen (secondary N) is 1. The maximum absolute atomic E-state index is 13.6. The van der Waals surface area contributed by atoms with Crippen molar-refractivity contribution in [3.8, 4) is 11.4 Å². The van der Waals surface area contributed by atoms with Gasteiger partial charge in [0.15, 0.2) is 5.13 Å². The van der Waals surface area contributed by atoms with Gasteiger partial charge in [-0.15, -0.1) is 11.3 Å². The third-order valence-corrected chi connectivity index (χ3v) is 8.65. The topological polar surface area (TPSA) is 54.9 Å². The largest absolute Gasteiger partial charge is 0.301 e. The molecule has 7 rings (SSSR count). The van der Waals surface area contributed by atoms with Crippen LogP contribution < -0.4 is 5.32 Å². The highest BCUT2D eigenvalue weighted by molar-refractivity contribution is 7.14. The Morgan fingerprint density at radius 2 is 1.72 bits per heavy atom. The van der Waals surface area contributed by atoms with E-state index in [0.717, 1.165) is 17.8 Å². The minimum atomic E-state index is -0.463. The van der Waals surface area contributed by atoms with E-state index in [1.807, 2.05) is 23.6 Å². The van der Waals surface area contributed by atoms with Gasteiger partial charge in [-0.05, 0) is 40.8 Å². The van der Waals surface area contributed by atoms with Gasteiger partial charge in [0, 0.05) is 28.8 Å². The maximum atomic E-state index is 13.6. The van der Waals surface area contributed by atoms with Crippen LogP contribution in [0, 0.1) is 5.41 Å². The molecule has 0 bridgehead atoms. The van der Waals surface area contributed by atoms with E-state index in [1.165, 1.54) is 33.6 Å². The zero-order valence-electron chi connectivity index (χ0n) is 17.6. The number of carbonyl (C=O) groups is 1. The number of amides is 1. The Labute approximate surface area is 190 Å². The summed E-state index contributed by atoms with van der Waals surface area (Å²) in [5.74, 6) is 0.674. The lowest BCUT2D eigenvalue weighted by Crippen LogP contribution is -2.64. The lowest BCUT2D eigenvalue weighted by molar-refractivity contribution is -0.138. The van der Waals surface area contributed by atoms with Crippen molar-refractivity contribution in [1.82, 2.24) is 9.97 Å². The molecule has 1 saturated carbocycles. The molecule has 32 heavy (non-hydrogen) atoms. The second-order valence-corrected chi connectivity index (χ2v) is 10.3. The number of pyridine rings is 1. The molecule has 1 spiro atoms. The van der Waals surface area contributed by atoms with Gasteiger partial charge in [-0.2, -0.15) is 0 Å². The summed E-state index contributed by atoms with van der Waals surface area (Å²) in [5, 5.41) is 5.72. The fourth-order valence-electron chi connectivity index (χ4n) is 6.81. The molecule has 1 fully saturated rings. The van der Waals surface area contributed by atoms with E-state index < -0.39 is 5.41 Å². The quantitative estimate of drug-likeness (QED) is 0.447. The molecule has 1 N–H and O–H groups in total. The summed E-state index contributed by atoms with van der Waals surface area (Å²) in [6.45, 7) is 2.13. The van der Waals surface area contributed by atoms with Crippen molar-refractivity contribution in [2.75, 3.05) is 5.32 Å². The van der Waals surface area contributed by atoms with Crippen LogP contribution in [-0.2, 0) is 10.2 Å². The molecule has 4 aromatic rings. The zero-order chi connectivity index (χ0) is 21.5. The van der Waals surface area contributed by atoms with Crippen LogP contribution in [0.3, 0.4) is 0 Å². The second kappa shape index (κ2) is 6.14. The number of rotatable bonds is 3. The molecule has 2 heterocycles. The molecule has 0 aliphatic heterocycles. The number of hydrogen-bond acceptors (Lipinski definition) is 4. The van der Waals surface area contributed by atoms with Crippen LogP contribution in [0.25, 0.3) is 11.4 Å². The number of benzene rings is 2. The van der Waals surface area contributed by atoms with Crippen molar-refractivity contribution in [2.24, 2.45) is 5.41 Å². The number of aromatic nitrogens is 2. The van der Waals surface area contributed by atoms with Crippen molar-refractivity contribution in [2.45, 2.75) is 30.6 Å². The van der Waals surface area contributed by atoms with Crippen molar-refractivity contribution in [3.05, 3.63) is 101 Å². The van der Waals surface area contributed by atoms with Crippen LogP contribution in [0.2, 0.25) is 0 Å². The lowest BCUT2D eigenvalue weighted by Gasteiger charge is -2.65. The summed E-state index contributed by atoms with van der Waals surface area (Å²) >= 11 is 1.45. The zero-order valence-corrected chi connectivity index (χ0v) is 18.4. The molecule has 0 radical (unpaired) electrons. The van der Waals surface area contributed by atoms with Gasteiger partial charge >= 0.3 is 0 Å². The number of nitrogens with zero attached hydrogens (tertiary/aromatic N) is 2. The monoisotopic (exact) mass is 435 g/mol. The second-order valence-electron chi connectivity index (χ2n) is 9.42. The molecule has 4 atom stereocenters. The van der Waals surface area contributed by atoms with Crippen molar-refractivity contribution in [3.63, 3.8) is 0 Å². The molecule has 3 aliphatic rings. The van der Waals surface area contributed by atoms with Crippen LogP contribution in [-0.4, -0.2) is 15.9 Å². The fourth-order valence-corrected chi connectivity index (χ4v) is 7.51. The Kier molecular flexibility index (Phi) is 3.51. The molecule has 0 saturated heterocycles. The van der Waals surface area contributed by atoms with Gasteiger partial charge in [0.05, 0.1) is 11.1 Å². The van der Waals surface area contributed by atoms with Crippen LogP contribution in [0.15, 0.2) is 78.3 Å². The highest BCUT2D eigenvalue weighted by Gasteiger charge is 2.76. The lowest BCUT2D eigenvalue weighted by atomic mass is 9.36. The summed E-state index contributed by atoms with van der Waals surface area (Å²) in [6.07, 6.45) is 2.62. The molecule has 4 unspecified atom stereocenters. The summed E-state index contributed by atoms with van der Waals surface area (Å²) in [7, 11) is 0. The van der Waals surface area contributed by atoms with E-state index in [2.05, 4.69) is 70.7 Å². The van der Waals surface area contributed by atoms with Crippen molar-refractivity contribution >= 4 is 22.4 Å².